The van der Waals surface area contributed by atoms with Crippen molar-refractivity contribution >= 4 is 7.60 Å². The molecular formula is C24H44NO3P. The van der Waals surface area contributed by atoms with E-state index < -0.39 is 13.4 Å². The van der Waals surface area contributed by atoms with Crippen LogP contribution in [0.25, 0.3) is 0 Å². The lowest BCUT2D eigenvalue weighted by Crippen LogP contribution is -2.22. The molecule has 29 heavy (non-hydrogen) atoms. The van der Waals surface area contributed by atoms with Crippen LogP contribution in [0.15, 0.2) is 30.3 Å². The SMILES string of the molecule is CCCCCCCCCCCCCCCCCNC(c1ccccc1)P(=O)(O)O. The van der Waals surface area contributed by atoms with E-state index in [1.807, 2.05) is 18.2 Å². The second-order valence-corrected chi connectivity index (χ2v) is 10.0. The Bertz CT molecular complexity index is 532. The Kier molecular flexibility index (Phi) is 15.5. The Morgan fingerprint density at radius 2 is 1.14 bits per heavy atom. The molecule has 0 saturated carbocycles. The smallest absolute Gasteiger partial charge is 0.323 e. The molecular weight excluding hydrogens is 381 g/mol. The largest absolute Gasteiger partial charge is 0.346 e. The molecule has 0 aliphatic carbocycles. The molecule has 0 aliphatic heterocycles. The van der Waals surface area contributed by atoms with E-state index in [9.17, 15) is 14.4 Å². The van der Waals surface area contributed by atoms with Crippen LogP contribution in [-0.2, 0) is 4.57 Å². The molecule has 0 aromatic heterocycles. The van der Waals surface area contributed by atoms with Crippen LogP contribution in [0, 0.1) is 0 Å². The van der Waals surface area contributed by atoms with E-state index in [1.54, 1.807) is 12.1 Å². The van der Waals surface area contributed by atoms with E-state index in [2.05, 4.69) is 12.2 Å². The van der Waals surface area contributed by atoms with E-state index in [0.717, 1.165) is 12.8 Å². The van der Waals surface area contributed by atoms with E-state index in [1.165, 1.54) is 83.5 Å². The minimum atomic E-state index is -4.20. The predicted molar refractivity (Wildman–Crippen MR) is 124 cm³/mol. The second-order valence-electron chi connectivity index (χ2n) is 8.31. The first-order valence-electron chi connectivity index (χ1n) is 11.9. The van der Waals surface area contributed by atoms with Gasteiger partial charge >= 0.3 is 7.60 Å². The van der Waals surface area contributed by atoms with Crippen LogP contribution in [0.3, 0.4) is 0 Å². The molecule has 168 valence electrons. The van der Waals surface area contributed by atoms with Crippen molar-refractivity contribution in [1.82, 2.24) is 5.32 Å². The third-order valence-corrected chi connectivity index (χ3v) is 6.72. The molecule has 1 aromatic rings. The van der Waals surface area contributed by atoms with Crippen molar-refractivity contribution in [3.05, 3.63) is 35.9 Å². The Morgan fingerprint density at radius 1 is 0.724 bits per heavy atom. The normalized spacial score (nSPS) is 12.9. The molecule has 0 spiro atoms. The van der Waals surface area contributed by atoms with Gasteiger partial charge in [0, 0.05) is 0 Å². The highest BCUT2D eigenvalue weighted by Gasteiger charge is 2.29. The summed E-state index contributed by atoms with van der Waals surface area (Å²) in [4.78, 5) is 19.2. The molecule has 4 nitrogen and oxygen atoms in total. The summed E-state index contributed by atoms with van der Waals surface area (Å²) in [6.07, 6.45) is 19.8. The van der Waals surface area contributed by atoms with Gasteiger partial charge in [0.1, 0.15) is 5.78 Å². The third kappa shape index (κ3) is 14.0. The lowest BCUT2D eigenvalue weighted by atomic mass is 10.0. The van der Waals surface area contributed by atoms with Gasteiger partial charge in [-0.15, -0.1) is 0 Å². The van der Waals surface area contributed by atoms with Crippen molar-refractivity contribution in [2.24, 2.45) is 0 Å². The minimum Gasteiger partial charge on any atom is -0.323 e. The molecule has 1 aromatic carbocycles. The summed E-state index contributed by atoms with van der Waals surface area (Å²) in [6.45, 7) is 2.91. The van der Waals surface area contributed by atoms with Crippen LogP contribution in [0.5, 0.6) is 0 Å². The number of nitrogens with one attached hydrogen (secondary N) is 1. The van der Waals surface area contributed by atoms with Crippen LogP contribution in [0.4, 0.5) is 0 Å². The lowest BCUT2D eigenvalue weighted by molar-refractivity contribution is 0.347. The highest BCUT2D eigenvalue weighted by atomic mass is 31.2. The van der Waals surface area contributed by atoms with Crippen molar-refractivity contribution in [3.8, 4) is 0 Å². The molecule has 1 atom stereocenters. The predicted octanol–water partition coefficient (Wildman–Crippen LogP) is 7.32. The monoisotopic (exact) mass is 425 g/mol. The maximum atomic E-state index is 11.8. The maximum Gasteiger partial charge on any atom is 0.346 e. The molecule has 0 saturated heterocycles. The molecule has 0 heterocycles. The van der Waals surface area contributed by atoms with Crippen LogP contribution in [-0.4, -0.2) is 16.3 Å². The van der Waals surface area contributed by atoms with E-state index in [-0.39, 0.29) is 0 Å². The van der Waals surface area contributed by atoms with Gasteiger partial charge in [-0.3, -0.25) is 9.88 Å². The molecule has 3 N–H and O–H groups in total. The number of rotatable bonds is 19. The number of unbranched alkanes of at least 4 members (excludes halogenated alkanes) is 14. The molecule has 0 bridgehead atoms. The van der Waals surface area contributed by atoms with Gasteiger partial charge in [-0.1, -0.05) is 127 Å². The van der Waals surface area contributed by atoms with Crippen LogP contribution >= 0.6 is 7.60 Å². The van der Waals surface area contributed by atoms with E-state index in [4.69, 9.17) is 0 Å². The van der Waals surface area contributed by atoms with Crippen molar-refractivity contribution in [1.29, 1.82) is 0 Å². The summed E-state index contributed by atoms with van der Waals surface area (Å²) in [5, 5.41) is 3.06. The van der Waals surface area contributed by atoms with Gasteiger partial charge in [-0.25, -0.2) is 0 Å². The summed E-state index contributed by atoms with van der Waals surface area (Å²) in [6, 6.07) is 9.02. The first-order valence-corrected chi connectivity index (χ1v) is 13.6. The van der Waals surface area contributed by atoms with Gasteiger partial charge in [0.2, 0.25) is 0 Å². The molecule has 0 fully saturated rings. The van der Waals surface area contributed by atoms with Gasteiger partial charge < -0.3 is 9.79 Å². The second kappa shape index (κ2) is 17.1. The minimum absolute atomic E-state index is 0.642. The number of benzene rings is 1. The highest BCUT2D eigenvalue weighted by molar-refractivity contribution is 7.52. The van der Waals surface area contributed by atoms with Gasteiger partial charge in [-0.05, 0) is 18.5 Å². The zero-order valence-corrected chi connectivity index (χ0v) is 19.4. The summed E-state index contributed by atoms with van der Waals surface area (Å²) in [5.74, 6) is -0.893. The van der Waals surface area contributed by atoms with Gasteiger partial charge in [0.25, 0.3) is 0 Å². The Morgan fingerprint density at radius 3 is 1.55 bits per heavy atom. The molecule has 1 rings (SSSR count). The van der Waals surface area contributed by atoms with Crippen LogP contribution < -0.4 is 5.32 Å². The summed E-state index contributed by atoms with van der Waals surface area (Å²) in [7, 11) is -4.20. The van der Waals surface area contributed by atoms with E-state index in [0.29, 0.717) is 12.1 Å². The Labute approximate surface area is 179 Å². The van der Waals surface area contributed by atoms with Crippen molar-refractivity contribution in [2.75, 3.05) is 6.54 Å². The average Bonchev–Trinajstić information content (AvgIpc) is 2.70. The molecule has 1 unspecified atom stereocenters. The van der Waals surface area contributed by atoms with Gasteiger partial charge in [0.05, 0.1) is 0 Å². The van der Waals surface area contributed by atoms with Crippen molar-refractivity contribution in [3.63, 3.8) is 0 Å². The average molecular weight is 426 g/mol. The summed E-state index contributed by atoms with van der Waals surface area (Å²) >= 11 is 0. The zero-order valence-electron chi connectivity index (χ0n) is 18.5. The number of hydrogen-bond donors (Lipinski definition) is 3. The fraction of sp³-hybridized carbons (Fsp3) is 0.750. The lowest BCUT2D eigenvalue weighted by Gasteiger charge is -2.20. The molecule has 5 heteroatoms. The highest BCUT2D eigenvalue weighted by Crippen LogP contribution is 2.49. The van der Waals surface area contributed by atoms with Crippen LogP contribution in [0.1, 0.15) is 115 Å². The summed E-state index contributed by atoms with van der Waals surface area (Å²) in [5.41, 5.74) is 0.654. The number of hydrogen-bond acceptors (Lipinski definition) is 2. The molecule has 0 amide bonds. The van der Waals surface area contributed by atoms with Crippen molar-refractivity contribution < 1.29 is 14.4 Å². The zero-order chi connectivity index (χ0) is 21.2. The first-order chi connectivity index (χ1) is 14.1. The Balaban J connectivity index is 1.94. The fourth-order valence-electron chi connectivity index (χ4n) is 3.80. The fourth-order valence-corrected chi connectivity index (χ4v) is 4.73. The van der Waals surface area contributed by atoms with Crippen LogP contribution in [0.2, 0.25) is 0 Å². The van der Waals surface area contributed by atoms with Gasteiger partial charge in [-0.2, -0.15) is 0 Å². The van der Waals surface area contributed by atoms with E-state index >= 15 is 0 Å². The van der Waals surface area contributed by atoms with Crippen molar-refractivity contribution in [2.45, 2.75) is 109 Å². The quantitative estimate of drug-likeness (QED) is 0.160. The third-order valence-electron chi connectivity index (χ3n) is 5.57. The van der Waals surface area contributed by atoms with Gasteiger partial charge in [0.15, 0.2) is 0 Å². The molecule has 0 radical (unpaired) electrons. The first kappa shape index (κ1) is 26.4. The standard InChI is InChI=1S/C24H44NO3P/c1-2-3-4-5-6-7-8-9-10-11-12-13-14-15-19-22-25-24(29(26,27)28)23-20-17-16-18-21-23/h16-18,20-21,24-25H,2-15,19,22H2,1H3,(H2,26,27,28). The molecule has 0 aliphatic rings. The maximum absolute atomic E-state index is 11.8. The topological polar surface area (TPSA) is 69.6 Å². The summed E-state index contributed by atoms with van der Waals surface area (Å²) < 4.78 is 11.8. The Hall–Kier alpha value is -0.670.